The zero-order chi connectivity index (χ0) is 14.4. The van der Waals surface area contributed by atoms with Gasteiger partial charge in [-0.15, -0.1) is 0 Å². The van der Waals surface area contributed by atoms with Crippen LogP contribution in [0, 0.1) is 0 Å². The number of hydrogen-bond donors (Lipinski definition) is 2. The minimum Gasteiger partial charge on any atom is -0.326 e. The molecule has 2 aromatic carbocycles. The third-order valence-corrected chi connectivity index (χ3v) is 3.16. The molecule has 1 amide bonds. The third-order valence-electron chi connectivity index (χ3n) is 3.16. The molecule has 3 heteroatoms. The molecule has 2 N–H and O–H groups in total. The second-order valence-electron chi connectivity index (χ2n) is 4.89. The number of hydrogen-bond acceptors (Lipinski definition) is 2. The van der Waals surface area contributed by atoms with Gasteiger partial charge in [-0.2, -0.15) is 0 Å². The molecule has 2 rings (SSSR count). The van der Waals surface area contributed by atoms with E-state index in [1.54, 1.807) is 0 Å². The lowest BCUT2D eigenvalue weighted by Crippen LogP contribution is -2.18. The Hall–Kier alpha value is -2.13. The van der Waals surface area contributed by atoms with Crippen molar-refractivity contribution in [2.24, 2.45) is 0 Å². The Morgan fingerprint density at radius 3 is 2.55 bits per heavy atom. The number of nitrogens with one attached hydrogen (secondary N) is 2. The van der Waals surface area contributed by atoms with E-state index in [1.165, 1.54) is 12.5 Å². The largest absolute Gasteiger partial charge is 0.326 e. The Bertz CT molecular complexity index is 566. The molecule has 2 aromatic rings. The Kier molecular flexibility index (Phi) is 4.91. The predicted molar refractivity (Wildman–Crippen MR) is 82.4 cm³/mol. The van der Waals surface area contributed by atoms with E-state index in [1.807, 2.05) is 36.4 Å². The van der Waals surface area contributed by atoms with Crippen LogP contribution in [0.2, 0.25) is 0 Å². The molecular formula is C17H20N2O. The summed E-state index contributed by atoms with van der Waals surface area (Å²) in [5.74, 6) is -0.0490. The van der Waals surface area contributed by atoms with Crippen LogP contribution in [-0.2, 0) is 11.3 Å². The van der Waals surface area contributed by atoms with Gasteiger partial charge in [-0.3, -0.25) is 4.79 Å². The van der Waals surface area contributed by atoms with Crippen molar-refractivity contribution in [1.82, 2.24) is 5.32 Å². The van der Waals surface area contributed by atoms with Gasteiger partial charge in [-0.05, 0) is 30.2 Å². The van der Waals surface area contributed by atoms with Gasteiger partial charge in [0.25, 0.3) is 0 Å². The molecule has 0 saturated carbocycles. The lowest BCUT2D eigenvalue weighted by atomic mass is 10.1. The first-order valence-corrected chi connectivity index (χ1v) is 6.80. The molecule has 20 heavy (non-hydrogen) atoms. The highest BCUT2D eigenvalue weighted by atomic mass is 16.1. The van der Waals surface area contributed by atoms with Crippen LogP contribution in [0.5, 0.6) is 0 Å². The van der Waals surface area contributed by atoms with Crippen LogP contribution in [0.25, 0.3) is 0 Å². The number of carbonyl (C=O) groups excluding carboxylic acids is 1. The van der Waals surface area contributed by atoms with Crippen LogP contribution in [0.4, 0.5) is 5.69 Å². The second-order valence-corrected chi connectivity index (χ2v) is 4.89. The smallest absolute Gasteiger partial charge is 0.221 e. The van der Waals surface area contributed by atoms with Gasteiger partial charge >= 0.3 is 0 Å². The molecule has 0 bridgehead atoms. The maximum Gasteiger partial charge on any atom is 0.221 e. The Morgan fingerprint density at radius 2 is 1.85 bits per heavy atom. The van der Waals surface area contributed by atoms with E-state index in [0.717, 1.165) is 17.8 Å². The molecule has 1 atom stereocenters. The second kappa shape index (κ2) is 6.87. The van der Waals surface area contributed by atoms with Crippen molar-refractivity contribution in [2.75, 3.05) is 5.32 Å². The number of benzene rings is 2. The Labute approximate surface area is 120 Å². The minimum atomic E-state index is -0.0490. The standard InChI is InChI=1S/C17H20N2O/c1-13(18-12-15-7-4-3-5-8-15)16-9-6-10-17(11-16)19-14(2)20/h3-11,13,18H,12H2,1-2H3,(H,19,20)/t13-/m0/s1. The van der Waals surface area contributed by atoms with Crippen LogP contribution in [-0.4, -0.2) is 5.91 Å². The van der Waals surface area contributed by atoms with Crippen molar-refractivity contribution in [1.29, 1.82) is 0 Å². The Morgan fingerprint density at radius 1 is 1.10 bits per heavy atom. The van der Waals surface area contributed by atoms with Gasteiger partial charge in [0.15, 0.2) is 0 Å². The highest BCUT2D eigenvalue weighted by Gasteiger charge is 2.06. The van der Waals surface area contributed by atoms with Crippen molar-refractivity contribution in [3.63, 3.8) is 0 Å². The summed E-state index contributed by atoms with van der Waals surface area (Å²) in [7, 11) is 0. The summed E-state index contributed by atoms with van der Waals surface area (Å²) >= 11 is 0. The van der Waals surface area contributed by atoms with Crippen molar-refractivity contribution in [3.8, 4) is 0 Å². The van der Waals surface area contributed by atoms with Gasteiger partial charge in [0, 0.05) is 25.2 Å². The first-order valence-electron chi connectivity index (χ1n) is 6.80. The van der Waals surface area contributed by atoms with Crippen molar-refractivity contribution < 1.29 is 4.79 Å². The first kappa shape index (κ1) is 14.3. The summed E-state index contributed by atoms with van der Waals surface area (Å²) in [4.78, 5) is 11.1. The summed E-state index contributed by atoms with van der Waals surface area (Å²) in [6.45, 7) is 4.46. The molecule has 104 valence electrons. The molecule has 0 unspecified atom stereocenters. The quantitative estimate of drug-likeness (QED) is 0.871. The number of amides is 1. The normalized spacial score (nSPS) is 11.9. The molecule has 0 aliphatic heterocycles. The lowest BCUT2D eigenvalue weighted by Gasteiger charge is -2.15. The lowest BCUT2D eigenvalue weighted by molar-refractivity contribution is -0.114. The van der Waals surface area contributed by atoms with E-state index in [4.69, 9.17) is 0 Å². The molecule has 0 spiro atoms. The number of rotatable bonds is 5. The fourth-order valence-corrected chi connectivity index (χ4v) is 2.07. The Balaban J connectivity index is 1.98. The molecule has 0 saturated heterocycles. The maximum atomic E-state index is 11.1. The third kappa shape index (κ3) is 4.21. The van der Waals surface area contributed by atoms with E-state index in [9.17, 15) is 4.79 Å². The molecule has 0 aliphatic carbocycles. The van der Waals surface area contributed by atoms with Crippen LogP contribution < -0.4 is 10.6 Å². The van der Waals surface area contributed by atoms with Gasteiger partial charge in [0.1, 0.15) is 0 Å². The van der Waals surface area contributed by atoms with Crippen molar-refractivity contribution in [3.05, 3.63) is 65.7 Å². The molecule has 3 nitrogen and oxygen atoms in total. The molecule has 0 aromatic heterocycles. The van der Waals surface area contributed by atoms with Gasteiger partial charge in [-0.1, -0.05) is 42.5 Å². The molecule has 0 radical (unpaired) electrons. The highest BCUT2D eigenvalue weighted by molar-refractivity contribution is 5.88. The molecule has 0 heterocycles. The van der Waals surface area contributed by atoms with Gasteiger partial charge in [-0.25, -0.2) is 0 Å². The average molecular weight is 268 g/mol. The fourth-order valence-electron chi connectivity index (χ4n) is 2.07. The highest BCUT2D eigenvalue weighted by Crippen LogP contribution is 2.17. The average Bonchev–Trinajstić information content (AvgIpc) is 2.45. The molecule has 0 aliphatic rings. The zero-order valence-corrected chi connectivity index (χ0v) is 11.9. The number of carbonyl (C=O) groups is 1. The van der Waals surface area contributed by atoms with Crippen LogP contribution in [0.3, 0.4) is 0 Å². The van der Waals surface area contributed by atoms with E-state index >= 15 is 0 Å². The van der Waals surface area contributed by atoms with E-state index < -0.39 is 0 Å². The van der Waals surface area contributed by atoms with Gasteiger partial charge in [0.05, 0.1) is 0 Å². The summed E-state index contributed by atoms with van der Waals surface area (Å²) in [6.07, 6.45) is 0. The summed E-state index contributed by atoms with van der Waals surface area (Å²) in [5.41, 5.74) is 3.26. The topological polar surface area (TPSA) is 41.1 Å². The van der Waals surface area contributed by atoms with Crippen LogP contribution in [0.1, 0.15) is 31.0 Å². The first-order chi connectivity index (χ1) is 9.65. The molecule has 0 fully saturated rings. The summed E-state index contributed by atoms with van der Waals surface area (Å²) in [5, 5.41) is 6.29. The predicted octanol–water partition coefficient (Wildman–Crippen LogP) is 3.50. The zero-order valence-electron chi connectivity index (χ0n) is 11.9. The molecular weight excluding hydrogens is 248 g/mol. The van der Waals surface area contributed by atoms with E-state index in [2.05, 4.69) is 35.8 Å². The fraction of sp³-hybridized carbons (Fsp3) is 0.235. The van der Waals surface area contributed by atoms with Crippen LogP contribution in [0.15, 0.2) is 54.6 Å². The summed E-state index contributed by atoms with van der Waals surface area (Å²) in [6, 6.07) is 18.5. The summed E-state index contributed by atoms with van der Waals surface area (Å²) < 4.78 is 0. The van der Waals surface area contributed by atoms with Crippen molar-refractivity contribution >= 4 is 11.6 Å². The minimum absolute atomic E-state index is 0.0490. The number of anilines is 1. The van der Waals surface area contributed by atoms with E-state index in [0.29, 0.717) is 0 Å². The maximum absolute atomic E-state index is 11.1. The van der Waals surface area contributed by atoms with E-state index in [-0.39, 0.29) is 11.9 Å². The van der Waals surface area contributed by atoms with Gasteiger partial charge in [0.2, 0.25) is 5.91 Å². The SMILES string of the molecule is CC(=O)Nc1cccc([C@H](C)NCc2ccccc2)c1. The van der Waals surface area contributed by atoms with Gasteiger partial charge < -0.3 is 10.6 Å². The van der Waals surface area contributed by atoms with Crippen LogP contribution >= 0.6 is 0 Å². The van der Waals surface area contributed by atoms with Crippen molar-refractivity contribution in [2.45, 2.75) is 26.4 Å². The monoisotopic (exact) mass is 268 g/mol.